The van der Waals surface area contributed by atoms with Crippen molar-refractivity contribution in [1.29, 1.82) is 0 Å². The van der Waals surface area contributed by atoms with Crippen LogP contribution in [-0.2, 0) is 9.59 Å². The van der Waals surface area contributed by atoms with Gasteiger partial charge in [-0.1, -0.05) is 19.9 Å². The fraction of sp³-hybridized carbons (Fsp3) is 0.571. The Hall–Kier alpha value is -2.00. The number of aromatic nitrogens is 2. The summed E-state index contributed by atoms with van der Waals surface area (Å²) in [6, 6.07) is 0. The lowest BCUT2D eigenvalue weighted by molar-refractivity contribution is -0.159. The molecule has 1 aromatic heterocycles. The van der Waals surface area contributed by atoms with Crippen molar-refractivity contribution >= 4 is 29.2 Å². The molecule has 8 nitrogen and oxygen atoms in total. The van der Waals surface area contributed by atoms with Gasteiger partial charge >= 0.3 is 11.9 Å². The molecule has 0 saturated heterocycles. The Morgan fingerprint density at radius 3 is 2.52 bits per heavy atom. The topological polar surface area (TPSA) is 113 Å². The largest absolute Gasteiger partial charge is 0.475 e. The number of carbonyl (C=O) groups is 2. The van der Waals surface area contributed by atoms with Gasteiger partial charge in [-0.05, 0) is 25.0 Å². The molecule has 1 aromatic rings. The average molecular weight is 343 g/mol. The van der Waals surface area contributed by atoms with Crippen LogP contribution < -0.4 is 4.74 Å². The van der Waals surface area contributed by atoms with E-state index in [0.717, 1.165) is 25.2 Å². The van der Waals surface area contributed by atoms with E-state index < -0.39 is 11.9 Å². The quantitative estimate of drug-likeness (QED) is 0.790. The Balaban J connectivity index is 0.000000379. The maximum atomic E-state index is 9.10. The fourth-order valence-electron chi connectivity index (χ4n) is 1.78. The van der Waals surface area contributed by atoms with Crippen molar-refractivity contribution in [1.82, 2.24) is 13.6 Å². The van der Waals surface area contributed by atoms with Crippen LogP contribution in [0.3, 0.4) is 0 Å². The summed E-state index contributed by atoms with van der Waals surface area (Å²) in [5.74, 6) is -2.44. The maximum absolute atomic E-state index is 9.10. The molecule has 0 bridgehead atoms. The van der Waals surface area contributed by atoms with Crippen LogP contribution in [0.25, 0.3) is 5.57 Å². The summed E-state index contributed by atoms with van der Waals surface area (Å²) in [5, 5.41) is 14.8. The molecule has 2 N–H and O–H groups in total. The molecule has 0 spiro atoms. The first kappa shape index (κ1) is 19.0. The third-order valence-electron chi connectivity index (χ3n) is 2.84. The second-order valence-electron chi connectivity index (χ2n) is 5.49. The molecule has 0 atom stereocenters. The minimum absolute atomic E-state index is 0.507. The van der Waals surface area contributed by atoms with E-state index >= 15 is 0 Å². The van der Waals surface area contributed by atoms with Gasteiger partial charge in [0.15, 0.2) is 0 Å². The number of nitrogens with zero attached hydrogens (tertiary/aromatic N) is 3. The summed E-state index contributed by atoms with van der Waals surface area (Å²) in [4.78, 5) is 20.5. The van der Waals surface area contributed by atoms with E-state index in [4.69, 9.17) is 24.5 Å². The monoisotopic (exact) mass is 343 g/mol. The maximum Gasteiger partial charge on any atom is 0.414 e. The molecule has 23 heavy (non-hydrogen) atoms. The highest BCUT2D eigenvalue weighted by atomic mass is 32.1. The van der Waals surface area contributed by atoms with Gasteiger partial charge in [0, 0.05) is 13.1 Å². The molecular formula is C14H21N3O5S. The van der Waals surface area contributed by atoms with E-state index in [1.165, 1.54) is 17.3 Å². The van der Waals surface area contributed by atoms with Gasteiger partial charge in [0.05, 0.1) is 18.3 Å². The lowest BCUT2D eigenvalue weighted by Crippen LogP contribution is -2.25. The van der Waals surface area contributed by atoms with Crippen LogP contribution >= 0.6 is 11.7 Å². The first-order chi connectivity index (χ1) is 10.8. The zero-order valence-corrected chi connectivity index (χ0v) is 14.2. The minimum atomic E-state index is -1.82. The molecule has 1 aliphatic heterocycles. The number of likely N-dealkylation sites (N-methyl/N-ethyl adjacent to an activating group) is 1. The van der Waals surface area contributed by atoms with Crippen molar-refractivity contribution < 1.29 is 24.5 Å². The summed E-state index contributed by atoms with van der Waals surface area (Å²) in [6.45, 7) is 7.01. The van der Waals surface area contributed by atoms with E-state index in [9.17, 15) is 0 Å². The third-order valence-corrected chi connectivity index (χ3v) is 3.35. The van der Waals surface area contributed by atoms with Crippen molar-refractivity contribution in [2.45, 2.75) is 20.3 Å². The van der Waals surface area contributed by atoms with Crippen LogP contribution in [-0.4, -0.2) is 62.5 Å². The molecule has 0 radical (unpaired) electrons. The predicted octanol–water partition coefficient (Wildman–Crippen LogP) is 1.45. The molecule has 128 valence electrons. The Kier molecular flexibility index (Phi) is 7.63. The molecule has 0 aliphatic carbocycles. The molecule has 0 saturated carbocycles. The SMILES string of the molecule is CC(C)COc1nsnc1C1=CCCN(C)C1.O=C(O)C(=O)O. The third kappa shape index (κ3) is 6.74. The molecule has 2 rings (SSSR count). The molecule has 0 aromatic carbocycles. The highest BCUT2D eigenvalue weighted by Crippen LogP contribution is 2.27. The molecule has 9 heteroatoms. The van der Waals surface area contributed by atoms with Crippen LogP contribution in [0.4, 0.5) is 0 Å². The summed E-state index contributed by atoms with van der Waals surface area (Å²) >= 11 is 1.23. The van der Waals surface area contributed by atoms with Crippen molar-refractivity contribution in [3.05, 3.63) is 11.8 Å². The predicted molar refractivity (Wildman–Crippen MR) is 85.6 cm³/mol. The summed E-state index contributed by atoms with van der Waals surface area (Å²) < 4.78 is 14.3. The Morgan fingerprint density at radius 1 is 1.35 bits per heavy atom. The number of ether oxygens (including phenoxy) is 1. The van der Waals surface area contributed by atoms with Crippen LogP contribution in [0.2, 0.25) is 0 Å². The van der Waals surface area contributed by atoms with Gasteiger partial charge in [-0.15, -0.1) is 4.37 Å². The Labute approximate surface area is 138 Å². The van der Waals surface area contributed by atoms with Crippen molar-refractivity contribution in [3.8, 4) is 5.88 Å². The van der Waals surface area contributed by atoms with Crippen LogP contribution in [0.15, 0.2) is 6.08 Å². The standard InChI is InChI=1S/C12H19N3OS.C2H2O4/c1-9(2)8-16-12-11(13-17-14-12)10-5-4-6-15(3)7-10;3-1(4)2(5)6/h5,9H,4,6-8H2,1-3H3;(H,3,4)(H,5,6). The molecule has 1 aliphatic rings. The van der Waals surface area contributed by atoms with Gasteiger partial charge in [0.25, 0.3) is 5.88 Å². The second kappa shape index (κ2) is 9.21. The summed E-state index contributed by atoms with van der Waals surface area (Å²) in [6.07, 6.45) is 3.33. The second-order valence-corrected chi connectivity index (χ2v) is 6.02. The Bertz CT molecular complexity index is 559. The molecule has 0 fully saturated rings. The molecular weight excluding hydrogens is 322 g/mol. The van der Waals surface area contributed by atoms with Gasteiger partial charge in [-0.25, -0.2) is 9.59 Å². The van der Waals surface area contributed by atoms with E-state index in [1.54, 1.807) is 0 Å². The van der Waals surface area contributed by atoms with Gasteiger partial charge < -0.3 is 19.8 Å². The van der Waals surface area contributed by atoms with E-state index in [1.807, 2.05) is 0 Å². The zero-order valence-electron chi connectivity index (χ0n) is 13.4. The van der Waals surface area contributed by atoms with Gasteiger partial charge in [0.1, 0.15) is 5.69 Å². The smallest absolute Gasteiger partial charge is 0.414 e. The lowest BCUT2D eigenvalue weighted by Gasteiger charge is -2.22. The van der Waals surface area contributed by atoms with Crippen LogP contribution in [0.1, 0.15) is 26.0 Å². The molecule has 2 heterocycles. The fourth-order valence-corrected chi connectivity index (χ4v) is 2.31. The summed E-state index contributed by atoms with van der Waals surface area (Å²) in [7, 11) is 2.13. The van der Waals surface area contributed by atoms with Crippen molar-refractivity contribution in [2.75, 3.05) is 26.7 Å². The highest BCUT2D eigenvalue weighted by Gasteiger charge is 2.18. The summed E-state index contributed by atoms with van der Waals surface area (Å²) in [5.41, 5.74) is 2.17. The molecule has 0 unspecified atom stereocenters. The van der Waals surface area contributed by atoms with Gasteiger partial charge in [0.2, 0.25) is 0 Å². The number of hydrogen-bond acceptors (Lipinski definition) is 7. The van der Waals surface area contributed by atoms with Crippen molar-refractivity contribution in [2.24, 2.45) is 5.92 Å². The van der Waals surface area contributed by atoms with E-state index in [-0.39, 0.29) is 0 Å². The average Bonchev–Trinajstić information content (AvgIpc) is 2.94. The number of aliphatic carboxylic acids is 2. The first-order valence-electron chi connectivity index (χ1n) is 7.10. The molecule has 0 amide bonds. The van der Waals surface area contributed by atoms with Crippen molar-refractivity contribution in [3.63, 3.8) is 0 Å². The number of hydrogen-bond donors (Lipinski definition) is 2. The number of rotatable bonds is 4. The van der Waals surface area contributed by atoms with Crippen LogP contribution in [0.5, 0.6) is 5.88 Å². The highest BCUT2D eigenvalue weighted by molar-refractivity contribution is 6.99. The number of carboxylic acids is 2. The van der Waals surface area contributed by atoms with Crippen LogP contribution in [0, 0.1) is 5.92 Å². The van der Waals surface area contributed by atoms with E-state index in [2.05, 4.69) is 40.6 Å². The minimum Gasteiger partial charge on any atom is -0.475 e. The first-order valence-corrected chi connectivity index (χ1v) is 7.83. The Morgan fingerprint density at radius 2 is 2.00 bits per heavy atom. The number of carboxylic acid groups (broad SMARTS) is 2. The van der Waals surface area contributed by atoms with Gasteiger partial charge in [-0.3, -0.25) is 0 Å². The van der Waals surface area contributed by atoms with E-state index in [0.29, 0.717) is 18.4 Å². The van der Waals surface area contributed by atoms with Gasteiger partial charge in [-0.2, -0.15) is 4.37 Å². The zero-order chi connectivity index (χ0) is 17.4. The lowest BCUT2D eigenvalue weighted by atomic mass is 10.1. The normalized spacial score (nSPS) is 14.7.